The summed E-state index contributed by atoms with van der Waals surface area (Å²) >= 11 is 1.86. The fraction of sp³-hybridized carbons (Fsp3) is 0.917. The first-order valence-electron chi connectivity index (χ1n) is 6.29. The maximum atomic E-state index is 5.56. The van der Waals surface area contributed by atoms with Gasteiger partial charge in [0.25, 0.3) is 0 Å². The van der Waals surface area contributed by atoms with Crippen molar-refractivity contribution in [1.82, 2.24) is 5.32 Å². The molecule has 2 fully saturated rings. The second-order valence-corrected chi connectivity index (χ2v) is 6.07. The lowest BCUT2D eigenvalue weighted by Gasteiger charge is -2.12. The lowest BCUT2D eigenvalue weighted by atomic mass is 10.1. The van der Waals surface area contributed by atoms with Gasteiger partial charge in [0.2, 0.25) is 0 Å². The molecule has 92 valence electrons. The van der Waals surface area contributed by atoms with E-state index in [0.29, 0.717) is 12.1 Å². The minimum atomic E-state index is 0.374. The first kappa shape index (κ1) is 12.2. The van der Waals surface area contributed by atoms with E-state index in [-0.39, 0.29) is 0 Å². The van der Waals surface area contributed by atoms with Gasteiger partial charge < -0.3 is 10.1 Å². The lowest BCUT2D eigenvalue weighted by molar-refractivity contribution is 0.118. The van der Waals surface area contributed by atoms with Crippen LogP contribution in [-0.4, -0.2) is 36.2 Å². The van der Waals surface area contributed by atoms with E-state index in [1.54, 1.807) is 0 Å². The zero-order chi connectivity index (χ0) is 11.4. The van der Waals surface area contributed by atoms with Crippen molar-refractivity contribution in [3.63, 3.8) is 0 Å². The van der Waals surface area contributed by atoms with Gasteiger partial charge in [-0.05, 0) is 25.2 Å². The highest BCUT2D eigenvalue weighted by molar-refractivity contribution is 8.14. The van der Waals surface area contributed by atoms with Crippen molar-refractivity contribution in [2.75, 3.05) is 18.9 Å². The highest BCUT2D eigenvalue weighted by atomic mass is 32.2. The van der Waals surface area contributed by atoms with Gasteiger partial charge in [-0.2, -0.15) is 0 Å². The molecule has 0 bridgehead atoms. The van der Waals surface area contributed by atoms with Gasteiger partial charge in [0.1, 0.15) is 0 Å². The average Bonchev–Trinajstić information content (AvgIpc) is 2.84. The zero-order valence-electron chi connectivity index (χ0n) is 10.2. The van der Waals surface area contributed by atoms with Crippen LogP contribution in [0.25, 0.3) is 0 Å². The summed E-state index contributed by atoms with van der Waals surface area (Å²) in [4.78, 5) is 4.61. The number of hydrogen-bond donors (Lipinski definition) is 1. The monoisotopic (exact) mass is 242 g/mol. The Labute approximate surface area is 102 Å². The van der Waals surface area contributed by atoms with Crippen LogP contribution in [-0.2, 0) is 4.74 Å². The van der Waals surface area contributed by atoms with E-state index in [1.165, 1.54) is 25.0 Å². The van der Waals surface area contributed by atoms with E-state index in [2.05, 4.69) is 24.2 Å². The highest BCUT2D eigenvalue weighted by Crippen LogP contribution is 2.20. The van der Waals surface area contributed by atoms with Crippen LogP contribution in [0.1, 0.15) is 33.1 Å². The number of hydrogen-bond acceptors (Lipinski definition) is 3. The van der Waals surface area contributed by atoms with Crippen molar-refractivity contribution in [3.05, 3.63) is 0 Å². The van der Waals surface area contributed by atoms with Gasteiger partial charge in [-0.15, -0.1) is 0 Å². The van der Waals surface area contributed by atoms with Crippen LogP contribution in [0, 0.1) is 5.92 Å². The molecule has 1 N–H and O–H groups in total. The molecule has 0 aliphatic carbocycles. The summed E-state index contributed by atoms with van der Waals surface area (Å²) in [6, 6.07) is 0.619. The summed E-state index contributed by atoms with van der Waals surface area (Å²) in [5.74, 6) is 1.93. The normalized spacial score (nSPS) is 32.6. The van der Waals surface area contributed by atoms with Gasteiger partial charge in [-0.1, -0.05) is 25.6 Å². The second-order valence-electron chi connectivity index (χ2n) is 5.06. The summed E-state index contributed by atoms with van der Waals surface area (Å²) in [7, 11) is 0. The molecule has 4 heteroatoms. The summed E-state index contributed by atoms with van der Waals surface area (Å²) in [5.41, 5.74) is 0. The molecule has 0 saturated carbocycles. The molecular weight excluding hydrogens is 220 g/mol. The van der Waals surface area contributed by atoms with E-state index < -0.39 is 0 Å². The molecule has 0 spiro atoms. The zero-order valence-corrected chi connectivity index (χ0v) is 11.1. The summed E-state index contributed by atoms with van der Waals surface area (Å²) in [6.07, 6.45) is 3.99. The summed E-state index contributed by atoms with van der Waals surface area (Å²) < 4.78 is 5.56. The largest absolute Gasteiger partial charge is 0.376 e. The minimum Gasteiger partial charge on any atom is -0.376 e. The SMILES string of the molecule is CC(C)CC1CSC(=NCC2CCCO2)N1. The molecule has 2 heterocycles. The van der Waals surface area contributed by atoms with Crippen molar-refractivity contribution in [2.24, 2.45) is 10.9 Å². The summed E-state index contributed by atoms with van der Waals surface area (Å²) in [6.45, 7) is 6.30. The molecule has 3 nitrogen and oxygen atoms in total. The van der Waals surface area contributed by atoms with E-state index in [9.17, 15) is 0 Å². The van der Waals surface area contributed by atoms with E-state index in [0.717, 1.165) is 24.2 Å². The van der Waals surface area contributed by atoms with Crippen LogP contribution < -0.4 is 5.32 Å². The van der Waals surface area contributed by atoms with Crippen molar-refractivity contribution >= 4 is 16.9 Å². The number of aliphatic imine (C=N–C) groups is 1. The van der Waals surface area contributed by atoms with Crippen LogP contribution in [0.5, 0.6) is 0 Å². The number of amidine groups is 1. The first-order chi connectivity index (χ1) is 7.74. The Kier molecular flexibility index (Phi) is 4.53. The molecule has 2 aliphatic rings. The van der Waals surface area contributed by atoms with Crippen LogP contribution >= 0.6 is 11.8 Å². The number of nitrogens with zero attached hydrogens (tertiary/aromatic N) is 1. The van der Waals surface area contributed by atoms with Gasteiger partial charge in [-0.25, -0.2) is 0 Å². The molecule has 16 heavy (non-hydrogen) atoms. The Morgan fingerprint density at radius 3 is 3.12 bits per heavy atom. The number of thioether (sulfide) groups is 1. The number of nitrogens with one attached hydrogen (secondary N) is 1. The maximum Gasteiger partial charge on any atom is 0.156 e. The molecule has 0 aromatic rings. The molecule has 0 aromatic carbocycles. The molecule has 2 unspecified atom stereocenters. The predicted molar refractivity (Wildman–Crippen MR) is 70.1 cm³/mol. The smallest absolute Gasteiger partial charge is 0.156 e. The van der Waals surface area contributed by atoms with Gasteiger partial charge >= 0.3 is 0 Å². The van der Waals surface area contributed by atoms with Crippen LogP contribution in [0.4, 0.5) is 0 Å². The number of rotatable bonds is 4. The Morgan fingerprint density at radius 1 is 1.56 bits per heavy atom. The average molecular weight is 242 g/mol. The lowest BCUT2D eigenvalue weighted by Crippen LogP contribution is -2.28. The van der Waals surface area contributed by atoms with Crippen LogP contribution in [0.2, 0.25) is 0 Å². The van der Waals surface area contributed by atoms with Crippen molar-refractivity contribution < 1.29 is 4.74 Å². The van der Waals surface area contributed by atoms with Crippen LogP contribution in [0.3, 0.4) is 0 Å². The van der Waals surface area contributed by atoms with Gasteiger partial charge in [0.15, 0.2) is 5.17 Å². The van der Waals surface area contributed by atoms with Gasteiger partial charge in [-0.3, -0.25) is 4.99 Å². The third kappa shape index (κ3) is 3.67. The third-order valence-corrected chi connectivity index (χ3v) is 4.06. The van der Waals surface area contributed by atoms with Crippen LogP contribution in [0.15, 0.2) is 4.99 Å². The molecule has 0 radical (unpaired) electrons. The predicted octanol–water partition coefficient (Wildman–Crippen LogP) is 2.27. The van der Waals surface area contributed by atoms with Gasteiger partial charge in [0, 0.05) is 18.4 Å². The summed E-state index contributed by atoms with van der Waals surface area (Å²) in [5, 5.41) is 4.63. The first-order valence-corrected chi connectivity index (χ1v) is 7.28. The molecule has 2 saturated heterocycles. The fourth-order valence-electron chi connectivity index (χ4n) is 2.20. The topological polar surface area (TPSA) is 33.6 Å². The Balaban J connectivity index is 1.72. The van der Waals surface area contributed by atoms with E-state index in [1.807, 2.05) is 11.8 Å². The third-order valence-electron chi connectivity index (χ3n) is 2.97. The maximum absolute atomic E-state index is 5.56. The van der Waals surface area contributed by atoms with Crippen molar-refractivity contribution in [3.8, 4) is 0 Å². The molecule has 0 aromatic heterocycles. The van der Waals surface area contributed by atoms with Crippen molar-refractivity contribution in [2.45, 2.75) is 45.3 Å². The Morgan fingerprint density at radius 2 is 2.44 bits per heavy atom. The van der Waals surface area contributed by atoms with Gasteiger partial charge in [0.05, 0.1) is 12.6 Å². The van der Waals surface area contributed by atoms with E-state index in [4.69, 9.17) is 4.74 Å². The second kappa shape index (κ2) is 5.92. The van der Waals surface area contributed by atoms with Crippen molar-refractivity contribution in [1.29, 1.82) is 0 Å². The molecule has 2 rings (SSSR count). The fourth-order valence-corrected chi connectivity index (χ4v) is 3.19. The minimum absolute atomic E-state index is 0.374. The standard InChI is InChI=1S/C12H22N2OS/c1-9(2)6-10-8-16-12(14-10)13-7-11-4-3-5-15-11/h9-11H,3-8H2,1-2H3,(H,13,14). The molecular formula is C12H22N2OS. The number of ether oxygens (including phenoxy) is 1. The Hall–Kier alpha value is -0.220. The van der Waals surface area contributed by atoms with E-state index >= 15 is 0 Å². The quantitative estimate of drug-likeness (QED) is 0.821. The molecule has 2 aliphatic heterocycles. The molecule has 0 amide bonds. The Bertz CT molecular complexity index is 249. The molecule has 2 atom stereocenters. The highest BCUT2D eigenvalue weighted by Gasteiger charge is 2.21.